The van der Waals surface area contributed by atoms with Crippen LogP contribution in [0.5, 0.6) is 0 Å². The van der Waals surface area contributed by atoms with E-state index < -0.39 is 64.0 Å². The van der Waals surface area contributed by atoms with Gasteiger partial charge in [0.25, 0.3) is 11.8 Å². The number of halogens is 5. The van der Waals surface area contributed by atoms with Crippen LogP contribution in [0.25, 0.3) is 11.0 Å². The van der Waals surface area contributed by atoms with E-state index in [-0.39, 0.29) is 58.0 Å². The van der Waals surface area contributed by atoms with Crippen molar-refractivity contribution in [1.29, 1.82) is 0 Å². The Morgan fingerprint density at radius 3 is 2.67 bits per heavy atom. The molecule has 0 saturated carbocycles. The molecule has 4 heterocycles. The number of carbonyl (C=O) groups excluding carboxylic acids is 2. The Labute approximate surface area is 259 Å². The number of hydrogen-bond donors (Lipinski definition) is 1. The topological polar surface area (TPSA) is 128 Å². The second-order valence-electron chi connectivity index (χ2n) is 11.2. The fraction of sp³-hybridized carbons (Fsp3) is 0.345. The van der Waals surface area contributed by atoms with Gasteiger partial charge in [0.1, 0.15) is 16.1 Å². The monoisotopic (exact) mass is 667 g/mol. The second kappa shape index (κ2) is 10.6. The lowest BCUT2D eigenvalue weighted by Gasteiger charge is -2.36. The molecule has 16 heteroatoms. The number of amides is 2. The van der Waals surface area contributed by atoms with Gasteiger partial charge in [-0.05, 0) is 49.8 Å². The van der Waals surface area contributed by atoms with Crippen molar-refractivity contribution in [2.45, 2.75) is 43.0 Å². The minimum absolute atomic E-state index is 0.0149. The fourth-order valence-corrected chi connectivity index (χ4v) is 8.71. The molecule has 6 rings (SSSR count). The molecule has 2 aliphatic heterocycles. The van der Waals surface area contributed by atoms with E-state index in [4.69, 9.17) is 17.3 Å². The minimum Gasteiger partial charge on any atom is -0.398 e. The molecule has 1 spiro atoms. The molecule has 238 valence electrons. The van der Waals surface area contributed by atoms with Gasteiger partial charge < -0.3 is 15.5 Å². The van der Waals surface area contributed by atoms with Gasteiger partial charge in [0.05, 0.1) is 34.9 Å². The lowest BCUT2D eigenvalue weighted by atomic mass is 9.87. The van der Waals surface area contributed by atoms with Gasteiger partial charge in [-0.3, -0.25) is 19.3 Å². The minimum atomic E-state index is -4.90. The van der Waals surface area contributed by atoms with E-state index in [1.807, 2.05) is 0 Å². The highest BCUT2D eigenvalue weighted by Crippen LogP contribution is 2.48. The lowest BCUT2D eigenvalue weighted by molar-refractivity contribution is -0.324. The summed E-state index contributed by atoms with van der Waals surface area (Å²) in [6.07, 6.45) is -0.404. The van der Waals surface area contributed by atoms with Gasteiger partial charge >= 0.3 is 6.36 Å². The Balaban J connectivity index is 1.47. The van der Waals surface area contributed by atoms with Crippen molar-refractivity contribution in [3.05, 3.63) is 88.1 Å². The first-order chi connectivity index (χ1) is 21.1. The fourth-order valence-electron chi connectivity index (χ4n) is 6.39. The van der Waals surface area contributed by atoms with E-state index in [0.717, 1.165) is 25.9 Å². The van der Waals surface area contributed by atoms with E-state index in [1.54, 1.807) is 6.08 Å². The van der Waals surface area contributed by atoms with Crippen molar-refractivity contribution in [1.82, 2.24) is 18.8 Å². The van der Waals surface area contributed by atoms with Crippen molar-refractivity contribution in [3.63, 3.8) is 0 Å². The molecule has 1 fully saturated rings. The Kier molecular flexibility index (Phi) is 7.29. The molecule has 0 radical (unpaired) electrons. The molecule has 10 nitrogen and oxygen atoms in total. The smallest absolute Gasteiger partial charge is 0.398 e. The number of likely N-dealkylation sites (tertiary alicyclic amines) is 1. The highest BCUT2D eigenvalue weighted by molar-refractivity contribution is 7.91. The van der Waals surface area contributed by atoms with E-state index in [1.165, 1.54) is 43.5 Å². The Bertz CT molecular complexity index is 1930. The van der Waals surface area contributed by atoms with Gasteiger partial charge in [0.15, 0.2) is 0 Å². The maximum absolute atomic E-state index is 14.5. The molecule has 1 unspecified atom stereocenters. The summed E-state index contributed by atoms with van der Waals surface area (Å²) >= 11 is 6.52. The summed E-state index contributed by atoms with van der Waals surface area (Å²) in [5.74, 6) is -2.18. The van der Waals surface area contributed by atoms with Crippen LogP contribution in [0.1, 0.15) is 41.4 Å². The standard InChI is InChI=1S/C29H26ClF4N5O5S/c1-27(8-2-4-21(35)24(27)30)45(42,43)39-18(15-22-23(39)5-3-10-36-22)16-38-25(40)19-14-17(31)6-7-20(19)28(38)9-11-37(26(28)41)12-13-44-29(32,33)34/h2-7,10,14-15H,8-9,11-13,16,35H2,1H3/t27?,28-/m0/s1. The Hall–Kier alpha value is -3.95. The summed E-state index contributed by atoms with van der Waals surface area (Å²) in [6.45, 7) is -0.317. The summed E-state index contributed by atoms with van der Waals surface area (Å²) < 4.78 is 84.5. The van der Waals surface area contributed by atoms with Crippen LogP contribution in [0.2, 0.25) is 0 Å². The van der Waals surface area contributed by atoms with Crippen molar-refractivity contribution in [2.75, 3.05) is 19.7 Å². The average molecular weight is 668 g/mol. The first kappa shape index (κ1) is 31.0. The van der Waals surface area contributed by atoms with Gasteiger partial charge in [-0.2, -0.15) is 0 Å². The predicted molar refractivity (Wildman–Crippen MR) is 154 cm³/mol. The molecule has 3 aliphatic rings. The van der Waals surface area contributed by atoms with Crippen LogP contribution in [0.3, 0.4) is 0 Å². The Morgan fingerprint density at radius 1 is 1.18 bits per heavy atom. The maximum Gasteiger partial charge on any atom is 0.522 e. The summed E-state index contributed by atoms with van der Waals surface area (Å²) in [5, 5.41) is -0.0963. The first-order valence-corrected chi connectivity index (χ1v) is 15.6. The van der Waals surface area contributed by atoms with Crippen LogP contribution in [-0.2, 0) is 31.6 Å². The number of nitrogens with two attached hydrogens (primary N) is 1. The number of ether oxygens (including phenoxy) is 1. The molecule has 2 N–H and O–H groups in total. The third-order valence-corrected chi connectivity index (χ3v) is 11.8. The van der Waals surface area contributed by atoms with Crippen molar-refractivity contribution in [3.8, 4) is 0 Å². The van der Waals surface area contributed by atoms with Crippen LogP contribution < -0.4 is 5.73 Å². The molecule has 2 atom stereocenters. The highest BCUT2D eigenvalue weighted by atomic mass is 35.5. The number of alkyl halides is 3. The van der Waals surface area contributed by atoms with Crippen molar-refractivity contribution >= 4 is 44.5 Å². The molecule has 2 aromatic heterocycles. The van der Waals surface area contributed by atoms with Gasteiger partial charge in [0.2, 0.25) is 10.0 Å². The van der Waals surface area contributed by atoms with Crippen molar-refractivity contribution in [2.24, 2.45) is 5.73 Å². The molecular weight excluding hydrogens is 642 g/mol. The zero-order chi connectivity index (χ0) is 32.5. The summed E-state index contributed by atoms with van der Waals surface area (Å²) in [5.41, 5.74) is 4.91. The number of aromatic nitrogens is 2. The van der Waals surface area contributed by atoms with Gasteiger partial charge in [0, 0.05) is 42.5 Å². The molecule has 1 aromatic carbocycles. The largest absolute Gasteiger partial charge is 0.522 e. The van der Waals surface area contributed by atoms with Gasteiger partial charge in [-0.25, -0.2) is 16.8 Å². The number of rotatable bonds is 7. The van der Waals surface area contributed by atoms with Crippen LogP contribution in [0.15, 0.2) is 65.5 Å². The number of hydrogen-bond acceptors (Lipinski definition) is 7. The molecular formula is C29H26ClF4N5O5S. The van der Waals surface area contributed by atoms with Gasteiger partial charge in [-0.1, -0.05) is 23.7 Å². The maximum atomic E-state index is 14.5. The number of benzene rings is 1. The SMILES string of the molecule is CC1(S(=O)(=O)n2c(CN3C(=O)c4cc(F)ccc4[C@]34CCN(CCOC(F)(F)F)C4=O)cc3ncccc32)CC=CC(N)=C1Cl. The summed E-state index contributed by atoms with van der Waals surface area (Å²) in [6, 6.07) is 7.90. The normalized spacial score (nSPS) is 23.7. The summed E-state index contributed by atoms with van der Waals surface area (Å²) in [4.78, 5) is 34.5. The molecule has 3 aromatic rings. The molecule has 45 heavy (non-hydrogen) atoms. The second-order valence-corrected chi connectivity index (χ2v) is 13.8. The number of fused-ring (bicyclic) bond motifs is 3. The van der Waals surface area contributed by atoms with E-state index in [2.05, 4.69) is 9.72 Å². The van der Waals surface area contributed by atoms with E-state index >= 15 is 0 Å². The van der Waals surface area contributed by atoms with Crippen LogP contribution in [-0.4, -0.2) is 69.8 Å². The van der Waals surface area contributed by atoms with Gasteiger partial charge in [-0.15, -0.1) is 13.2 Å². The number of allylic oxidation sites excluding steroid dienone is 2. The van der Waals surface area contributed by atoms with Crippen LogP contribution >= 0.6 is 11.6 Å². The van der Waals surface area contributed by atoms with Crippen molar-refractivity contribution < 1.29 is 40.3 Å². The van der Waals surface area contributed by atoms with Crippen LogP contribution in [0.4, 0.5) is 17.6 Å². The molecule has 0 bridgehead atoms. The third kappa shape index (κ3) is 4.70. The average Bonchev–Trinajstić information content (AvgIpc) is 3.58. The summed E-state index contributed by atoms with van der Waals surface area (Å²) in [7, 11) is -4.44. The zero-order valence-electron chi connectivity index (χ0n) is 23.6. The zero-order valence-corrected chi connectivity index (χ0v) is 25.2. The molecule has 2 amide bonds. The first-order valence-electron chi connectivity index (χ1n) is 13.8. The lowest BCUT2D eigenvalue weighted by Crippen LogP contribution is -2.50. The Morgan fingerprint density at radius 2 is 1.93 bits per heavy atom. The quantitative estimate of drug-likeness (QED) is 0.376. The van der Waals surface area contributed by atoms with E-state index in [0.29, 0.717) is 0 Å². The van der Waals surface area contributed by atoms with E-state index in [9.17, 15) is 35.6 Å². The number of nitrogens with zero attached hydrogens (tertiary/aromatic N) is 4. The van der Waals surface area contributed by atoms with Crippen LogP contribution in [0, 0.1) is 5.82 Å². The molecule has 1 aliphatic carbocycles. The third-order valence-electron chi connectivity index (χ3n) is 8.63. The molecule has 1 saturated heterocycles. The highest BCUT2D eigenvalue weighted by Gasteiger charge is 2.59. The number of carbonyl (C=O) groups is 2. The number of pyridine rings is 1. The predicted octanol–water partition coefficient (Wildman–Crippen LogP) is 4.10.